The number of hydrogen-bond donors (Lipinski definition) is 3. The quantitative estimate of drug-likeness (QED) is 0.294. The number of benzene rings is 2. The molecule has 0 saturated carbocycles. The van der Waals surface area contributed by atoms with Crippen molar-refractivity contribution in [3.8, 4) is 0 Å². The molecule has 8 nitrogen and oxygen atoms in total. The van der Waals surface area contributed by atoms with E-state index in [1.165, 1.54) is 18.0 Å². The van der Waals surface area contributed by atoms with Crippen LogP contribution in [0, 0.1) is 10.1 Å². The first-order valence-electron chi connectivity index (χ1n) is 9.08. The van der Waals surface area contributed by atoms with Crippen molar-refractivity contribution in [2.45, 2.75) is 11.4 Å². The molecule has 0 spiro atoms. The van der Waals surface area contributed by atoms with Crippen LogP contribution < -0.4 is 15.5 Å². The number of hydrogen-bond acceptors (Lipinski definition) is 8. The molecule has 4 rings (SSSR count). The van der Waals surface area contributed by atoms with Gasteiger partial charge in [0.1, 0.15) is 11.4 Å². The van der Waals surface area contributed by atoms with E-state index < -0.39 is 4.92 Å². The van der Waals surface area contributed by atoms with Crippen LogP contribution in [-0.4, -0.2) is 15.6 Å². The average molecular weight is 418 g/mol. The number of pyridine rings is 1. The Bertz CT molecular complexity index is 1130. The van der Waals surface area contributed by atoms with Gasteiger partial charge in [-0.25, -0.2) is 0 Å². The van der Waals surface area contributed by atoms with E-state index in [4.69, 9.17) is 0 Å². The fraction of sp³-hybridized carbons (Fsp3) is 0.0476. The minimum Gasteiger partial charge on any atom is -0.354 e. The van der Waals surface area contributed by atoms with Crippen LogP contribution in [0.3, 0.4) is 0 Å². The van der Waals surface area contributed by atoms with E-state index in [0.717, 1.165) is 21.7 Å². The van der Waals surface area contributed by atoms with E-state index in [-0.39, 0.29) is 5.69 Å². The minimum atomic E-state index is -0.443. The van der Waals surface area contributed by atoms with Gasteiger partial charge in [0, 0.05) is 41.2 Å². The van der Waals surface area contributed by atoms with Gasteiger partial charge in [-0.05, 0) is 53.9 Å². The van der Waals surface area contributed by atoms with Crippen LogP contribution in [0.15, 0.2) is 89.3 Å². The van der Waals surface area contributed by atoms with Gasteiger partial charge in [-0.1, -0.05) is 18.7 Å². The Hall–Kier alpha value is -3.69. The molecular weight excluding hydrogens is 400 g/mol. The molecule has 1 aliphatic heterocycles. The molecule has 1 aliphatic rings. The number of rotatable bonds is 7. The van der Waals surface area contributed by atoms with Crippen LogP contribution in [-0.2, 0) is 6.54 Å². The number of anilines is 2. The topological polar surface area (TPSA) is 104 Å². The third-order valence-electron chi connectivity index (χ3n) is 4.42. The number of aromatic nitrogens is 1. The lowest BCUT2D eigenvalue weighted by Gasteiger charge is -2.07. The molecule has 2 heterocycles. The maximum absolute atomic E-state index is 11.2. The van der Waals surface area contributed by atoms with Gasteiger partial charge >= 0.3 is 0 Å². The Morgan fingerprint density at radius 2 is 1.97 bits per heavy atom. The lowest BCUT2D eigenvalue weighted by atomic mass is 10.1. The van der Waals surface area contributed by atoms with E-state index in [1.54, 1.807) is 30.6 Å². The van der Waals surface area contributed by atoms with Crippen LogP contribution in [0.1, 0.15) is 11.1 Å². The SMILES string of the molecule is C=C1Nc2ccc(SNCc3ccncc3)cc2/C1=N/Nc1ccccc1[N+](=O)[O-]. The van der Waals surface area contributed by atoms with Crippen LogP contribution in [0.2, 0.25) is 0 Å². The summed E-state index contributed by atoms with van der Waals surface area (Å²) in [6.45, 7) is 4.71. The highest BCUT2D eigenvalue weighted by Crippen LogP contribution is 2.32. The van der Waals surface area contributed by atoms with Crippen LogP contribution >= 0.6 is 11.9 Å². The van der Waals surface area contributed by atoms with Crippen molar-refractivity contribution in [2.24, 2.45) is 5.10 Å². The summed E-state index contributed by atoms with van der Waals surface area (Å²) < 4.78 is 3.33. The number of nitro groups is 1. The van der Waals surface area contributed by atoms with Gasteiger partial charge < -0.3 is 5.32 Å². The Morgan fingerprint density at radius 3 is 2.77 bits per heavy atom. The molecule has 150 valence electrons. The highest BCUT2D eigenvalue weighted by atomic mass is 32.2. The predicted molar refractivity (Wildman–Crippen MR) is 119 cm³/mol. The van der Waals surface area contributed by atoms with Gasteiger partial charge in [0.25, 0.3) is 5.69 Å². The van der Waals surface area contributed by atoms with Crippen molar-refractivity contribution in [2.75, 3.05) is 10.7 Å². The second kappa shape index (κ2) is 8.76. The molecule has 0 bridgehead atoms. The standard InChI is InChI=1S/C21H18N6O2S/c1-14-21(26-25-19-4-2-3-5-20(19)27(28)29)17-12-16(6-7-18(17)24-14)30-23-13-15-8-10-22-11-9-15/h2-12,23-25H,1,13H2/b26-21+. The van der Waals surface area contributed by atoms with Crippen molar-refractivity contribution in [3.63, 3.8) is 0 Å². The normalized spacial score (nSPS) is 13.7. The van der Waals surface area contributed by atoms with Crippen molar-refractivity contribution in [1.82, 2.24) is 9.71 Å². The highest BCUT2D eigenvalue weighted by Gasteiger charge is 2.22. The van der Waals surface area contributed by atoms with Crippen molar-refractivity contribution >= 4 is 34.7 Å². The zero-order valence-electron chi connectivity index (χ0n) is 15.8. The van der Waals surface area contributed by atoms with Gasteiger partial charge in [-0.15, -0.1) is 0 Å². The summed E-state index contributed by atoms with van der Waals surface area (Å²) in [6, 6.07) is 16.3. The zero-order chi connectivity index (χ0) is 20.9. The Kier molecular flexibility index (Phi) is 5.73. The van der Waals surface area contributed by atoms with Crippen LogP contribution in [0.25, 0.3) is 0 Å². The van der Waals surface area contributed by atoms with E-state index in [1.807, 2.05) is 30.3 Å². The summed E-state index contributed by atoms with van der Waals surface area (Å²) in [5.74, 6) is 0. The third kappa shape index (κ3) is 4.32. The van der Waals surface area contributed by atoms with E-state index in [0.29, 0.717) is 23.6 Å². The second-order valence-electron chi connectivity index (χ2n) is 6.44. The molecule has 3 aromatic rings. The molecule has 0 fully saturated rings. The van der Waals surface area contributed by atoms with Crippen LogP contribution in [0.4, 0.5) is 17.1 Å². The van der Waals surface area contributed by atoms with Crippen molar-refractivity contribution in [1.29, 1.82) is 0 Å². The molecule has 30 heavy (non-hydrogen) atoms. The zero-order valence-corrected chi connectivity index (χ0v) is 16.6. The summed E-state index contributed by atoms with van der Waals surface area (Å²) in [7, 11) is 0. The number of nitrogens with one attached hydrogen (secondary N) is 3. The number of nitrogens with zero attached hydrogens (tertiary/aromatic N) is 3. The summed E-state index contributed by atoms with van der Waals surface area (Å²) in [5, 5.41) is 18.8. The monoisotopic (exact) mass is 418 g/mol. The van der Waals surface area contributed by atoms with Gasteiger partial charge in [0.05, 0.1) is 10.6 Å². The summed E-state index contributed by atoms with van der Waals surface area (Å²) in [5.41, 5.74) is 7.24. The molecule has 0 unspecified atom stereocenters. The predicted octanol–water partition coefficient (Wildman–Crippen LogP) is 4.54. The molecule has 2 aromatic carbocycles. The van der Waals surface area contributed by atoms with Crippen molar-refractivity contribution in [3.05, 3.63) is 101 Å². The number of para-hydroxylation sites is 2. The Morgan fingerprint density at radius 1 is 1.17 bits per heavy atom. The largest absolute Gasteiger partial charge is 0.354 e. The Balaban J connectivity index is 1.51. The molecule has 0 saturated heterocycles. The number of hydrazone groups is 1. The van der Waals surface area contributed by atoms with E-state index in [2.05, 4.69) is 32.1 Å². The first-order chi connectivity index (χ1) is 14.6. The molecule has 3 N–H and O–H groups in total. The first-order valence-corrected chi connectivity index (χ1v) is 9.90. The molecule has 0 radical (unpaired) electrons. The fourth-order valence-corrected chi connectivity index (χ4v) is 3.67. The number of fused-ring (bicyclic) bond motifs is 1. The number of nitro benzene ring substituents is 1. The molecular formula is C21H18N6O2S. The Labute approximate surface area is 177 Å². The smallest absolute Gasteiger partial charge is 0.294 e. The molecule has 9 heteroatoms. The maximum Gasteiger partial charge on any atom is 0.294 e. The first kappa shape index (κ1) is 19.6. The molecule has 0 atom stereocenters. The van der Waals surface area contributed by atoms with Crippen molar-refractivity contribution < 1.29 is 4.92 Å². The molecule has 0 amide bonds. The van der Waals surface area contributed by atoms with Gasteiger partial charge in [-0.2, -0.15) is 5.10 Å². The van der Waals surface area contributed by atoms with E-state index >= 15 is 0 Å². The summed E-state index contributed by atoms with van der Waals surface area (Å²) in [6.07, 6.45) is 3.53. The molecule has 1 aromatic heterocycles. The maximum atomic E-state index is 11.2. The van der Waals surface area contributed by atoms with Gasteiger partial charge in [0.2, 0.25) is 0 Å². The average Bonchev–Trinajstić information content (AvgIpc) is 3.07. The van der Waals surface area contributed by atoms with E-state index in [9.17, 15) is 10.1 Å². The van der Waals surface area contributed by atoms with Gasteiger partial charge in [-0.3, -0.25) is 25.2 Å². The second-order valence-corrected chi connectivity index (χ2v) is 7.40. The third-order valence-corrected chi connectivity index (χ3v) is 5.20. The lowest BCUT2D eigenvalue weighted by Crippen LogP contribution is -2.05. The fourth-order valence-electron chi connectivity index (χ4n) is 2.95. The summed E-state index contributed by atoms with van der Waals surface area (Å²) in [4.78, 5) is 15.8. The summed E-state index contributed by atoms with van der Waals surface area (Å²) >= 11 is 1.51. The lowest BCUT2D eigenvalue weighted by molar-refractivity contribution is -0.384. The van der Waals surface area contributed by atoms with Gasteiger partial charge in [0.15, 0.2) is 0 Å². The molecule has 0 aliphatic carbocycles. The van der Waals surface area contributed by atoms with Crippen LogP contribution in [0.5, 0.6) is 0 Å². The minimum absolute atomic E-state index is 0.0386. The number of allylic oxidation sites excluding steroid dienone is 1. The highest BCUT2D eigenvalue weighted by molar-refractivity contribution is 7.97.